The van der Waals surface area contributed by atoms with Crippen molar-refractivity contribution in [1.29, 1.82) is 0 Å². The third kappa shape index (κ3) is 2.35. The normalized spacial score (nSPS) is 8.71. The molecule has 0 amide bonds. The maximum Gasteiger partial charge on any atom is 0.150 e. The first-order valence-electron chi connectivity index (χ1n) is 4.14. The molecular formula is C11H11NO2. The number of hydrogen-bond donors (Lipinski definition) is 1. The fraction of sp³-hybridized carbons (Fsp3) is 0.182. The summed E-state index contributed by atoms with van der Waals surface area (Å²) in [6.07, 6.45) is 0.771. The molecule has 1 aromatic rings. The molecule has 3 nitrogen and oxygen atoms in total. The number of aldehydes is 1. The van der Waals surface area contributed by atoms with Gasteiger partial charge < -0.3 is 10.5 Å². The molecule has 3 heteroatoms. The van der Waals surface area contributed by atoms with E-state index in [1.54, 1.807) is 25.3 Å². The van der Waals surface area contributed by atoms with Gasteiger partial charge in [0.25, 0.3) is 0 Å². The van der Waals surface area contributed by atoms with Crippen LogP contribution in [-0.4, -0.2) is 19.9 Å². The van der Waals surface area contributed by atoms with Crippen molar-refractivity contribution in [3.05, 3.63) is 29.3 Å². The molecule has 1 aromatic carbocycles. The van der Waals surface area contributed by atoms with Crippen molar-refractivity contribution in [2.45, 2.75) is 0 Å². The van der Waals surface area contributed by atoms with E-state index in [1.807, 2.05) is 0 Å². The first-order valence-corrected chi connectivity index (χ1v) is 4.14. The minimum atomic E-state index is 0.286. The van der Waals surface area contributed by atoms with E-state index in [9.17, 15) is 4.79 Å². The lowest BCUT2D eigenvalue weighted by molar-refractivity contribution is 0.112. The van der Waals surface area contributed by atoms with Crippen molar-refractivity contribution in [2.75, 3.05) is 13.7 Å². The molecule has 0 spiro atoms. The Kier molecular flexibility index (Phi) is 3.71. The molecule has 0 atom stereocenters. The Bertz CT molecular complexity index is 388. The van der Waals surface area contributed by atoms with Gasteiger partial charge in [0.15, 0.2) is 0 Å². The molecule has 0 heterocycles. The van der Waals surface area contributed by atoms with Crippen molar-refractivity contribution < 1.29 is 9.53 Å². The number of carbonyl (C=O) groups excluding carboxylic acids is 1. The lowest BCUT2D eigenvalue weighted by atomic mass is 10.1. The van der Waals surface area contributed by atoms with Crippen molar-refractivity contribution in [3.63, 3.8) is 0 Å². The van der Waals surface area contributed by atoms with E-state index in [2.05, 4.69) is 11.8 Å². The molecule has 0 bridgehead atoms. The molecule has 0 unspecified atom stereocenters. The van der Waals surface area contributed by atoms with Gasteiger partial charge in [0.05, 0.1) is 19.2 Å². The van der Waals surface area contributed by atoms with Crippen molar-refractivity contribution in [2.24, 2.45) is 5.73 Å². The average Bonchev–Trinajstić information content (AvgIpc) is 2.25. The maximum absolute atomic E-state index is 10.5. The number of rotatable bonds is 2. The van der Waals surface area contributed by atoms with E-state index >= 15 is 0 Å². The Morgan fingerprint density at radius 2 is 2.36 bits per heavy atom. The zero-order valence-electron chi connectivity index (χ0n) is 7.91. The molecule has 14 heavy (non-hydrogen) atoms. The maximum atomic E-state index is 10.5. The van der Waals surface area contributed by atoms with Gasteiger partial charge in [-0.3, -0.25) is 4.79 Å². The minimum absolute atomic E-state index is 0.286. The number of carbonyl (C=O) groups is 1. The van der Waals surface area contributed by atoms with Crippen LogP contribution in [-0.2, 0) is 0 Å². The Morgan fingerprint density at radius 1 is 1.57 bits per heavy atom. The van der Waals surface area contributed by atoms with Crippen molar-refractivity contribution in [1.82, 2.24) is 0 Å². The number of ether oxygens (including phenoxy) is 1. The molecule has 0 fully saturated rings. The predicted octanol–water partition coefficient (Wildman–Crippen LogP) is 0.818. The topological polar surface area (TPSA) is 52.3 Å². The highest BCUT2D eigenvalue weighted by Crippen LogP contribution is 2.17. The molecule has 1 rings (SSSR count). The molecule has 0 aliphatic heterocycles. The molecule has 0 aromatic heterocycles. The summed E-state index contributed by atoms with van der Waals surface area (Å²) < 4.78 is 5.08. The summed E-state index contributed by atoms with van der Waals surface area (Å²) in [6.45, 7) is 0.286. The summed E-state index contributed by atoms with van der Waals surface area (Å²) in [5, 5.41) is 0. The molecular weight excluding hydrogens is 178 g/mol. The number of benzene rings is 1. The van der Waals surface area contributed by atoms with Gasteiger partial charge in [0.1, 0.15) is 12.0 Å². The van der Waals surface area contributed by atoms with E-state index in [0.29, 0.717) is 16.9 Å². The Hall–Kier alpha value is -1.79. The Labute approximate surface area is 82.9 Å². The molecule has 0 aliphatic rings. The van der Waals surface area contributed by atoms with Gasteiger partial charge in [-0.15, -0.1) is 0 Å². The molecule has 2 N–H and O–H groups in total. The second-order valence-corrected chi connectivity index (χ2v) is 2.58. The second-order valence-electron chi connectivity index (χ2n) is 2.58. The van der Waals surface area contributed by atoms with Crippen LogP contribution in [0.5, 0.6) is 5.75 Å². The summed E-state index contributed by atoms with van der Waals surface area (Å²) in [5.74, 6) is 6.20. The van der Waals surface area contributed by atoms with Gasteiger partial charge in [-0.2, -0.15) is 0 Å². The quantitative estimate of drug-likeness (QED) is 0.553. The minimum Gasteiger partial charge on any atom is -0.495 e. The van der Waals surface area contributed by atoms with Gasteiger partial charge >= 0.3 is 0 Å². The highest BCUT2D eigenvalue weighted by Gasteiger charge is 2.00. The molecule has 0 saturated carbocycles. The third-order valence-electron chi connectivity index (χ3n) is 1.68. The van der Waals surface area contributed by atoms with Gasteiger partial charge in [-0.05, 0) is 18.2 Å². The molecule has 72 valence electrons. The highest BCUT2D eigenvalue weighted by atomic mass is 16.5. The summed E-state index contributed by atoms with van der Waals surface area (Å²) in [5.41, 5.74) is 6.51. The van der Waals surface area contributed by atoms with Gasteiger partial charge in [-0.1, -0.05) is 11.8 Å². The van der Waals surface area contributed by atoms with Crippen LogP contribution in [0.25, 0.3) is 0 Å². The lowest BCUT2D eigenvalue weighted by Gasteiger charge is -2.02. The van der Waals surface area contributed by atoms with Crippen LogP contribution in [0.3, 0.4) is 0 Å². The third-order valence-corrected chi connectivity index (χ3v) is 1.68. The smallest absolute Gasteiger partial charge is 0.150 e. The number of nitrogens with two attached hydrogens (primary N) is 1. The first kappa shape index (κ1) is 10.3. The highest BCUT2D eigenvalue weighted by molar-refractivity contribution is 5.76. The predicted molar refractivity (Wildman–Crippen MR) is 54.3 cm³/mol. The van der Waals surface area contributed by atoms with Gasteiger partial charge in [0.2, 0.25) is 0 Å². The zero-order valence-corrected chi connectivity index (χ0v) is 7.91. The molecule has 0 radical (unpaired) electrons. The fourth-order valence-corrected chi connectivity index (χ4v) is 1.04. The van der Waals surface area contributed by atoms with Crippen LogP contribution in [0, 0.1) is 11.8 Å². The van der Waals surface area contributed by atoms with Crippen LogP contribution < -0.4 is 10.5 Å². The van der Waals surface area contributed by atoms with Crippen LogP contribution >= 0.6 is 0 Å². The standard InChI is InChI=1S/C11H11NO2/c1-14-11-5-4-9(8-13)7-10(11)3-2-6-12/h4-5,7-8H,6,12H2,1H3. The lowest BCUT2D eigenvalue weighted by Crippen LogP contribution is -1.94. The second kappa shape index (κ2) is 5.05. The average molecular weight is 189 g/mol. The van der Waals surface area contributed by atoms with E-state index in [-0.39, 0.29) is 6.54 Å². The van der Waals surface area contributed by atoms with Crippen LogP contribution in [0.2, 0.25) is 0 Å². The molecule has 0 saturated heterocycles. The van der Waals surface area contributed by atoms with Crippen LogP contribution in [0.4, 0.5) is 0 Å². The van der Waals surface area contributed by atoms with Gasteiger partial charge in [-0.25, -0.2) is 0 Å². The van der Waals surface area contributed by atoms with Crippen LogP contribution in [0.1, 0.15) is 15.9 Å². The summed E-state index contributed by atoms with van der Waals surface area (Å²) in [6, 6.07) is 5.07. The van der Waals surface area contributed by atoms with E-state index < -0.39 is 0 Å². The summed E-state index contributed by atoms with van der Waals surface area (Å²) in [4.78, 5) is 10.5. The molecule has 0 aliphatic carbocycles. The summed E-state index contributed by atoms with van der Waals surface area (Å²) in [7, 11) is 1.56. The largest absolute Gasteiger partial charge is 0.495 e. The van der Waals surface area contributed by atoms with Crippen molar-refractivity contribution >= 4 is 6.29 Å². The summed E-state index contributed by atoms with van der Waals surface area (Å²) >= 11 is 0. The van der Waals surface area contributed by atoms with E-state index in [0.717, 1.165) is 6.29 Å². The SMILES string of the molecule is COc1ccc(C=O)cc1C#CCN. The Morgan fingerprint density at radius 3 is 2.93 bits per heavy atom. The zero-order chi connectivity index (χ0) is 10.4. The Balaban J connectivity index is 3.14. The monoisotopic (exact) mass is 189 g/mol. The fourth-order valence-electron chi connectivity index (χ4n) is 1.04. The van der Waals surface area contributed by atoms with E-state index in [4.69, 9.17) is 10.5 Å². The van der Waals surface area contributed by atoms with Gasteiger partial charge in [0, 0.05) is 5.56 Å². The van der Waals surface area contributed by atoms with Crippen molar-refractivity contribution in [3.8, 4) is 17.6 Å². The number of hydrogen-bond acceptors (Lipinski definition) is 3. The van der Waals surface area contributed by atoms with Crippen LogP contribution in [0.15, 0.2) is 18.2 Å². The van der Waals surface area contributed by atoms with E-state index in [1.165, 1.54) is 0 Å². The number of methoxy groups -OCH3 is 1. The first-order chi connectivity index (χ1) is 6.81.